The van der Waals surface area contributed by atoms with Crippen molar-refractivity contribution in [2.75, 3.05) is 39.9 Å². The predicted octanol–water partition coefficient (Wildman–Crippen LogP) is 3.54. The van der Waals surface area contributed by atoms with E-state index in [0.717, 1.165) is 12.1 Å². The van der Waals surface area contributed by atoms with Crippen molar-refractivity contribution < 1.29 is 23.8 Å². The maximum atomic E-state index is 13.6. The van der Waals surface area contributed by atoms with Crippen LogP contribution < -0.4 is 4.74 Å². The molecular weight excluding hydrogens is 399 g/mol. The Labute approximate surface area is 183 Å². The van der Waals surface area contributed by atoms with Crippen LogP contribution in [0.15, 0.2) is 42.5 Å². The maximum Gasteiger partial charge on any atom is 0.254 e. The van der Waals surface area contributed by atoms with Gasteiger partial charge in [-0.15, -0.1) is 0 Å². The molecule has 0 aromatic heterocycles. The molecule has 0 spiro atoms. The van der Waals surface area contributed by atoms with E-state index in [2.05, 4.69) is 18.7 Å². The van der Waals surface area contributed by atoms with E-state index in [-0.39, 0.29) is 23.7 Å². The molecule has 7 heteroatoms. The Morgan fingerprint density at radius 1 is 1.32 bits per heavy atom. The Balaban J connectivity index is 1.66. The fourth-order valence-electron chi connectivity index (χ4n) is 3.84. The van der Waals surface area contributed by atoms with Gasteiger partial charge in [0.25, 0.3) is 5.91 Å². The van der Waals surface area contributed by atoms with Gasteiger partial charge in [-0.05, 0) is 41.8 Å². The summed E-state index contributed by atoms with van der Waals surface area (Å²) in [6.07, 6.45) is -0.135. The van der Waals surface area contributed by atoms with Crippen LogP contribution in [0.2, 0.25) is 0 Å². The van der Waals surface area contributed by atoms with Gasteiger partial charge >= 0.3 is 0 Å². The molecule has 1 heterocycles. The lowest BCUT2D eigenvalue weighted by Gasteiger charge is -2.36. The largest absolute Gasteiger partial charge is 0.504 e. The molecule has 168 valence electrons. The lowest BCUT2D eigenvalue weighted by Crippen LogP contribution is -2.49. The zero-order valence-corrected chi connectivity index (χ0v) is 18.4. The van der Waals surface area contributed by atoms with Crippen molar-refractivity contribution in [3.63, 3.8) is 0 Å². The first-order valence-corrected chi connectivity index (χ1v) is 10.6. The first-order chi connectivity index (χ1) is 14.9. The number of rotatable bonds is 8. The number of phenolic OH excluding ortho intramolecular Hbond substituents is 1. The molecule has 1 unspecified atom stereocenters. The summed E-state index contributed by atoms with van der Waals surface area (Å²) in [5.41, 5.74) is 1.38. The Hall–Kier alpha value is -2.64. The maximum absolute atomic E-state index is 13.6. The van der Waals surface area contributed by atoms with E-state index >= 15 is 0 Å². The Bertz CT molecular complexity index is 890. The summed E-state index contributed by atoms with van der Waals surface area (Å²) in [6.45, 7) is 7.85. The molecule has 0 saturated carbocycles. The number of aromatic hydroxyl groups is 1. The lowest BCUT2D eigenvalue weighted by atomic mass is 10.1. The summed E-state index contributed by atoms with van der Waals surface area (Å²) in [4.78, 5) is 17.1. The van der Waals surface area contributed by atoms with Crippen molar-refractivity contribution in [3.8, 4) is 11.5 Å². The van der Waals surface area contributed by atoms with E-state index in [1.807, 2.05) is 12.1 Å². The van der Waals surface area contributed by atoms with Gasteiger partial charge in [0.15, 0.2) is 11.5 Å². The number of amides is 1. The molecule has 0 bridgehead atoms. The van der Waals surface area contributed by atoms with Crippen LogP contribution in [-0.2, 0) is 11.3 Å². The van der Waals surface area contributed by atoms with Crippen LogP contribution in [-0.4, -0.2) is 66.8 Å². The van der Waals surface area contributed by atoms with Crippen LogP contribution in [0.1, 0.15) is 29.8 Å². The Morgan fingerprint density at radius 2 is 2.13 bits per heavy atom. The zero-order chi connectivity index (χ0) is 22.4. The van der Waals surface area contributed by atoms with E-state index in [0.29, 0.717) is 44.1 Å². The highest BCUT2D eigenvalue weighted by atomic mass is 19.1. The van der Waals surface area contributed by atoms with Crippen LogP contribution in [0.25, 0.3) is 0 Å². The second kappa shape index (κ2) is 10.6. The van der Waals surface area contributed by atoms with Crippen molar-refractivity contribution in [1.82, 2.24) is 9.80 Å². The average molecular weight is 431 g/mol. The summed E-state index contributed by atoms with van der Waals surface area (Å²) >= 11 is 0. The summed E-state index contributed by atoms with van der Waals surface area (Å²) in [7, 11) is 1.53. The van der Waals surface area contributed by atoms with Gasteiger partial charge in [0.1, 0.15) is 5.82 Å². The predicted molar refractivity (Wildman–Crippen MR) is 117 cm³/mol. The summed E-state index contributed by atoms with van der Waals surface area (Å²) < 4.78 is 24.8. The minimum Gasteiger partial charge on any atom is -0.504 e. The molecule has 0 aliphatic carbocycles. The van der Waals surface area contributed by atoms with Gasteiger partial charge < -0.3 is 19.5 Å². The van der Waals surface area contributed by atoms with Crippen LogP contribution in [0.4, 0.5) is 4.39 Å². The van der Waals surface area contributed by atoms with Crippen LogP contribution in [0.5, 0.6) is 11.5 Å². The van der Waals surface area contributed by atoms with E-state index in [1.54, 1.807) is 23.1 Å². The van der Waals surface area contributed by atoms with Crippen molar-refractivity contribution in [2.24, 2.45) is 5.92 Å². The molecule has 2 aromatic rings. The highest BCUT2D eigenvalue weighted by Crippen LogP contribution is 2.27. The third kappa shape index (κ3) is 6.42. The second-order valence-corrected chi connectivity index (χ2v) is 8.35. The van der Waals surface area contributed by atoms with Crippen molar-refractivity contribution in [3.05, 3.63) is 59.4 Å². The summed E-state index contributed by atoms with van der Waals surface area (Å²) in [5, 5.41) is 9.80. The van der Waals surface area contributed by atoms with Gasteiger partial charge in [-0.3, -0.25) is 9.69 Å². The quantitative estimate of drug-likeness (QED) is 0.694. The van der Waals surface area contributed by atoms with Gasteiger partial charge in [-0.25, -0.2) is 4.39 Å². The van der Waals surface area contributed by atoms with E-state index < -0.39 is 5.82 Å². The summed E-state index contributed by atoms with van der Waals surface area (Å²) in [5.74, 6) is 0.246. The van der Waals surface area contributed by atoms with Gasteiger partial charge in [-0.1, -0.05) is 26.0 Å². The molecule has 1 N–H and O–H groups in total. The first kappa shape index (κ1) is 23.0. The third-order valence-electron chi connectivity index (χ3n) is 5.24. The Kier molecular flexibility index (Phi) is 7.87. The molecule has 2 aromatic carbocycles. The number of carbonyl (C=O) groups is 1. The van der Waals surface area contributed by atoms with Gasteiger partial charge in [0, 0.05) is 38.3 Å². The third-order valence-corrected chi connectivity index (χ3v) is 5.24. The number of hydrogen-bond acceptors (Lipinski definition) is 5. The second-order valence-electron chi connectivity index (χ2n) is 8.35. The topological polar surface area (TPSA) is 62.2 Å². The highest BCUT2D eigenvalue weighted by Gasteiger charge is 2.26. The average Bonchev–Trinajstić information content (AvgIpc) is 2.74. The molecule has 1 atom stereocenters. The fraction of sp³-hybridized carbons (Fsp3) is 0.458. The normalized spacial score (nSPS) is 17.0. The molecule has 1 aliphatic rings. The zero-order valence-electron chi connectivity index (χ0n) is 18.4. The number of morpholine rings is 1. The smallest absolute Gasteiger partial charge is 0.254 e. The molecule has 1 aliphatic heterocycles. The van der Waals surface area contributed by atoms with E-state index in [1.165, 1.54) is 19.2 Å². The van der Waals surface area contributed by atoms with E-state index in [9.17, 15) is 14.3 Å². The number of nitrogens with zero attached hydrogens (tertiary/aromatic N) is 2. The standard InChI is InChI=1S/C24H31FN2O4/c1-17(2)13-27(24(29)19-5-4-6-20(25)12-19)16-21-15-26(9-10-31-21)14-18-7-8-22(28)23(11-18)30-3/h4-8,11-12,17,21,28H,9-10,13-16H2,1-3H3. The number of methoxy groups -OCH3 is 1. The van der Waals surface area contributed by atoms with Crippen molar-refractivity contribution in [1.29, 1.82) is 0 Å². The molecule has 3 rings (SSSR count). The number of halogens is 1. The van der Waals surface area contributed by atoms with Crippen molar-refractivity contribution >= 4 is 5.91 Å². The number of benzene rings is 2. The molecule has 0 radical (unpaired) electrons. The van der Waals surface area contributed by atoms with Crippen LogP contribution in [0, 0.1) is 11.7 Å². The monoisotopic (exact) mass is 430 g/mol. The molecule has 31 heavy (non-hydrogen) atoms. The molecular formula is C24H31FN2O4. The minimum absolute atomic E-state index is 0.117. The molecule has 1 amide bonds. The number of carbonyl (C=O) groups excluding carboxylic acids is 1. The molecule has 1 saturated heterocycles. The van der Waals surface area contributed by atoms with Gasteiger partial charge in [0.2, 0.25) is 0 Å². The number of hydrogen-bond donors (Lipinski definition) is 1. The van der Waals surface area contributed by atoms with Gasteiger partial charge in [-0.2, -0.15) is 0 Å². The van der Waals surface area contributed by atoms with E-state index in [4.69, 9.17) is 9.47 Å². The molecule has 6 nitrogen and oxygen atoms in total. The number of ether oxygens (including phenoxy) is 2. The number of phenols is 1. The highest BCUT2D eigenvalue weighted by molar-refractivity contribution is 5.94. The lowest BCUT2D eigenvalue weighted by molar-refractivity contribution is -0.0438. The summed E-state index contributed by atoms with van der Waals surface area (Å²) in [6, 6.07) is 11.2. The fourth-order valence-corrected chi connectivity index (χ4v) is 3.84. The van der Waals surface area contributed by atoms with Gasteiger partial charge in [0.05, 0.1) is 19.8 Å². The van der Waals surface area contributed by atoms with Crippen molar-refractivity contribution in [2.45, 2.75) is 26.5 Å². The van der Waals surface area contributed by atoms with Crippen LogP contribution >= 0.6 is 0 Å². The van der Waals surface area contributed by atoms with Crippen LogP contribution in [0.3, 0.4) is 0 Å². The molecule has 1 fully saturated rings. The first-order valence-electron chi connectivity index (χ1n) is 10.6. The Morgan fingerprint density at radius 3 is 2.84 bits per heavy atom. The SMILES string of the molecule is COc1cc(CN2CCOC(CN(CC(C)C)C(=O)c3cccc(F)c3)C2)ccc1O. The minimum atomic E-state index is -0.417.